The summed E-state index contributed by atoms with van der Waals surface area (Å²) < 4.78 is 5.55. The monoisotopic (exact) mass is 272 g/mol. The summed E-state index contributed by atoms with van der Waals surface area (Å²) in [7, 11) is 0. The summed E-state index contributed by atoms with van der Waals surface area (Å²) in [4.78, 5) is 7.06. The number of hydrogen-bond acceptors (Lipinski definition) is 4. The van der Waals surface area contributed by atoms with Crippen LogP contribution in [0.5, 0.6) is 0 Å². The van der Waals surface area contributed by atoms with E-state index in [4.69, 9.17) is 9.72 Å². The van der Waals surface area contributed by atoms with Crippen molar-refractivity contribution in [3.8, 4) is 0 Å². The summed E-state index contributed by atoms with van der Waals surface area (Å²) in [5.41, 5.74) is 1.87. The maximum Gasteiger partial charge on any atom is 0.135 e. The molecule has 0 saturated carbocycles. The van der Waals surface area contributed by atoms with Crippen LogP contribution in [0.25, 0.3) is 10.9 Å². The highest BCUT2D eigenvalue weighted by Gasteiger charge is 2.24. The standard InChI is InChI=1S/C16H20N2O2/c1-2-14-11-20-8-7-18(14)16-13(10-19)9-12-5-3-4-6-15(12)17-16/h3-6,9,14,19H,2,7-8,10-11H2,1H3. The van der Waals surface area contributed by atoms with Gasteiger partial charge in [-0.1, -0.05) is 25.1 Å². The number of aromatic nitrogens is 1. The molecule has 2 heterocycles. The fourth-order valence-corrected chi connectivity index (χ4v) is 2.79. The smallest absolute Gasteiger partial charge is 0.135 e. The van der Waals surface area contributed by atoms with Gasteiger partial charge in [0.15, 0.2) is 0 Å². The molecular weight excluding hydrogens is 252 g/mol. The van der Waals surface area contributed by atoms with Crippen LogP contribution in [0.3, 0.4) is 0 Å². The van der Waals surface area contributed by atoms with Crippen molar-refractivity contribution in [1.82, 2.24) is 4.98 Å². The average Bonchev–Trinajstić information content (AvgIpc) is 2.53. The number of nitrogens with zero attached hydrogens (tertiary/aromatic N) is 2. The van der Waals surface area contributed by atoms with E-state index in [9.17, 15) is 5.11 Å². The van der Waals surface area contributed by atoms with Gasteiger partial charge in [-0.25, -0.2) is 4.98 Å². The van der Waals surface area contributed by atoms with Crippen LogP contribution in [-0.2, 0) is 11.3 Å². The first-order chi connectivity index (χ1) is 9.83. The molecule has 2 aromatic rings. The number of morpholine rings is 1. The van der Waals surface area contributed by atoms with Crippen LogP contribution in [-0.4, -0.2) is 35.9 Å². The molecule has 0 bridgehead atoms. The molecule has 1 aliphatic heterocycles. The molecule has 106 valence electrons. The van der Waals surface area contributed by atoms with Crippen molar-refractivity contribution in [3.05, 3.63) is 35.9 Å². The molecular formula is C16H20N2O2. The molecule has 4 heteroatoms. The van der Waals surface area contributed by atoms with Crippen LogP contribution in [0, 0.1) is 0 Å². The van der Waals surface area contributed by atoms with E-state index in [0.29, 0.717) is 6.04 Å². The second-order valence-corrected chi connectivity index (χ2v) is 5.15. The summed E-state index contributed by atoms with van der Waals surface area (Å²) in [6.45, 7) is 4.45. The van der Waals surface area contributed by atoms with Gasteiger partial charge in [0.1, 0.15) is 5.82 Å². The van der Waals surface area contributed by atoms with Crippen molar-refractivity contribution in [2.45, 2.75) is 26.0 Å². The second-order valence-electron chi connectivity index (χ2n) is 5.15. The van der Waals surface area contributed by atoms with E-state index in [-0.39, 0.29) is 6.61 Å². The van der Waals surface area contributed by atoms with Gasteiger partial charge in [-0.3, -0.25) is 0 Å². The average molecular weight is 272 g/mol. The number of aliphatic hydroxyl groups is 1. The quantitative estimate of drug-likeness (QED) is 0.931. The van der Waals surface area contributed by atoms with Crippen LogP contribution in [0.2, 0.25) is 0 Å². The zero-order valence-electron chi connectivity index (χ0n) is 11.7. The van der Waals surface area contributed by atoms with Crippen molar-refractivity contribution in [3.63, 3.8) is 0 Å². The minimum absolute atomic E-state index is 0.0148. The molecule has 1 saturated heterocycles. The number of anilines is 1. The lowest BCUT2D eigenvalue weighted by atomic mass is 10.1. The lowest BCUT2D eigenvalue weighted by molar-refractivity contribution is 0.0923. The molecule has 0 radical (unpaired) electrons. The summed E-state index contributed by atoms with van der Waals surface area (Å²) in [5, 5.41) is 10.7. The number of aliphatic hydroxyl groups excluding tert-OH is 1. The van der Waals surface area contributed by atoms with Gasteiger partial charge in [-0.2, -0.15) is 0 Å². The lowest BCUT2D eigenvalue weighted by Gasteiger charge is -2.37. The number of pyridine rings is 1. The predicted octanol–water partition coefficient (Wildman–Crippen LogP) is 2.34. The molecule has 1 aromatic carbocycles. The fourth-order valence-electron chi connectivity index (χ4n) is 2.79. The normalized spacial score (nSPS) is 19.5. The van der Waals surface area contributed by atoms with Gasteiger partial charge in [0.2, 0.25) is 0 Å². The molecule has 1 N–H and O–H groups in total. The molecule has 0 aliphatic carbocycles. The molecule has 1 unspecified atom stereocenters. The summed E-state index contributed by atoms with van der Waals surface area (Å²) in [6.07, 6.45) is 1.01. The van der Waals surface area contributed by atoms with Crippen molar-refractivity contribution in [2.24, 2.45) is 0 Å². The Kier molecular flexibility index (Phi) is 3.85. The van der Waals surface area contributed by atoms with Crippen LogP contribution < -0.4 is 4.90 Å². The number of benzene rings is 1. The maximum absolute atomic E-state index is 9.67. The van der Waals surface area contributed by atoms with Gasteiger partial charge >= 0.3 is 0 Å². The van der Waals surface area contributed by atoms with E-state index >= 15 is 0 Å². The highest BCUT2D eigenvalue weighted by atomic mass is 16.5. The van der Waals surface area contributed by atoms with Crippen molar-refractivity contribution in [1.29, 1.82) is 0 Å². The third-order valence-electron chi connectivity index (χ3n) is 3.92. The zero-order valence-corrected chi connectivity index (χ0v) is 11.7. The summed E-state index contributed by atoms with van der Waals surface area (Å²) in [5.74, 6) is 0.904. The van der Waals surface area contributed by atoms with E-state index in [1.807, 2.05) is 30.3 Å². The number of fused-ring (bicyclic) bond motifs is 1. The predicted molar refractivity (Wildman–Crippen MR) is 79.9 cm³/mol. The van der Waals surface area contributed by atoms with Gasteiger partial charge in [0.25, 0.3) is 0 Å². The minimum atomic E-state index is 0.0148. The first kappa shape index (κ1) is 13.3. The SMILES string of the molecule is CCC1COCCN1c1nc2ccccc2cc1CO. The third-order valence-corrected chi connectivity index (χ3v) is 3.92. The molecule has 20 heavy (non-hydrogen) atoms. The first-order valence-corrected chi connectivity index (χ1v) is 7.17. The molecule has 1 atom stereocenters. The van der Waals surface area contributed by atoms with Crippen LogP contribution in [0.1, 0.15) is 18.9 Å². The Bertz CT molecular complexity index is 600. The number of ether oxygens (including phenoxy) is 1. The van der Waals surface area contributed by atoms with Crippen molar-refractivity contribution < 1.29 is 9.84 Å². The molecule has 1 fully saturated rings. The van der Waals surface area contributed by atoms with E-state index in [0.717, 1.165) is 48.5 Å². The molecule has 0 amide bonds. The molecule has 4 nitrogen and oxygen atoms in total. The zero-order chi connectivity index (χ0) is 13.9. The number of para-hydroxylation sites is 1. The Morgan fingerprint density at radius 3 is 3.05 bits per heavy atom. The van der Waals surface area contributed by atoms with Gasteiger partial charge in [-0.05, 0) is 18.6 Å². The van der Waals surface area contributed by atoms with Crippen LogP contribution in [0.15, 0.2) is 30.3 Å². The topological polar surface area (TPSA) is 45.6 Å². The fraction of sp³-hybridized carbons (Fsp3) is 0.438. The third kappa shape index (κ3) is 2.37. The van der Waals surface area contributed by atoms with Gasteiger partial charge in [0, 0.05) is 17.5 Å². The van der Waals surface area contributed by atoms with E-state index in [1.165, 1.54) is 0 Å². The van der Waals surface area contributed by atoms with E-state index < -0.39 is 0 Å². The summed E-state index contributed by atoms with van der Waals surface area (Å²) >= 11 is 0. The molecule has 1 aromatic heterocycles. The van der Waals surface area contributed by atoms with Gasteiger partial charge in [-0.15, -0.1) is 0 Å². The van der Waals surface area contributed by atoms with Gasteiger partial charge < -0.3 is 14.7 Å². The highest BCUT2D eigenvalue weighted by Crippen LogP contribution is 2.27. The Morgan fingerprint density at radius 1 is 1.40 bits per heavy atom. The largest absolute Gasteiger partial charge is 0.392 e. The van der Waals surface area contributed by atoms with E-state index in [2.05, 4.69) is 11.8 Å². The van der Waals surface area contributed by atoms with E-state index in [1.54, 1.807) is 0 Å². The van der Waals surface area contributed by atoms with Crippen LogP contribution >= 0.6 is 0 Å². The van der Waals surface area contributed by atoms with Crippen molar-refractivity contribution >= 4 is 16.7 Å². The molecule has 0 spiro atoms. The second kappa shape index (κ2) is 5.77. The van der Waals surface area contributed by atoms with Gasteiger partial charge in [0.05, 0.1) is 31.4 Å². The number of rotatable bonds is 3. The minimum Gasteiger partial charge on any atom is -0.392 e. The Morgan fingerprint density at radius 2 is 2.25 bits per heavy atom. The number of hydrogen-bond donors (Lipinski definition) is 1. The first-order valence-electron chi connectivity index (χ1n) is 7.17. The Labute approximate surface area is 119 Å². The highest BCUT2D eigenvalue weighted by molar-refractivity contribution is 5.81. The molecule has 1 aliphatic rings. The maximum atomic E-state index is 9.67. The Balaban J connectivity index is 2.08. The van der Waals surface area contributed by atoms with Crippen LogP contribution in [0.4, 0.5) is 5.82 Å². The lowest BCUT2D eigenvalue weighted by Crippen LogP contribution is -2.46. The molecule has 3 rings (SSSR count). The summed E-state index contributed by atoms with van der Waals surface area (Å²) in [6, 6.07) is 10.4. The van der Waals surface area contributed by atoms with Crippen molar-refractivity contribution in [2.75, 3.05) is 24.7 Å². The Hall–Kier alpha value is -1.65.